The van der Waals surface area contributed by atoms with E-state index in [-0.39, 0.29) is 11.6 Å². The fraction of sp³-hybridized carbons (Fsp3) is 0.333. The van der Waals surface area contributed by atoms with Crippen LogP contribution in [0.1, 0.15) is 58.6 Å². The lowest BCUT2D eigenvalue weighted by Gasteiger charge is -2.30. The molecule has 0 aliphatic carbocycles. The van der Waals surface area contributed by atoms with Crippen molar-refractivity contribution < 1.29 is 0 Å². The first-order valence-electron chi connectivity index (χ1n) is 14.1. The van der Waals surface area contributed by atoms with Gasteiger partial charge >= 0.3 is 0 Å². The Morgan fingerprint density at radius 3 is 2.45 bits per heavy atom. The monoisotopic (exact) mass is 534 g/mol. The summed E-state index contributed by atoms with van der Waals surface area (Å²) in [5, 5.41) is 14.0. The molecule has 0 saturated carbocycles. The number of fused-ring (bicyclic) bond motifs is 1. The van der Waals surface area contributed by atoms with Crippen molar-refractivity contribution in [3.05, 3.63) is 122 Å². The highest BCUT2D eigenvalue weighted by Crippen LogP contribution is 2.26. The van der Waals surface area contributed by atoms with E-state index in [1.165, 1.54) is 22.3 Å². The summed E-state index contributed by atoms with van der Waals surface area (Å²) >= 11 is 0. The molecule has 2 aromatic heterocycles. The second kappa shape index (κ2) is 12.4. The van der Waals surface area contributed by atoms with Crippen LogP contribution in [0.2, 0.25) is 0 Å². The Balaban J connectivity index is 1.47. The second-order valence-corrected chi connectivity index (χ2v) is 10.7. The number of aromatic nitrogens is 5. The summed E-state index contributed by atoms with van der Waals surface area (Å²) in [6.45, 7) is 10.4. The number of tetrazole rings is 1. The van der Waals surface area contributed by atoms with Crippen LogP contribution in [0.5, 0.6) is 0 Å². The SMILES string of the molecule is CC[C@@H](c1nnnn1CCc1ccccc1)N(CCc1ccccc1C)Cc1cc2cc(C)cc(C)c2[nH]c1=O. The molecule has 0 radical (unpaired) electrons. The zero-order chi connectivity index (χ0) is 28.1. The molecule has 0 spiro atoms. The normalized spacial score (nSPS) is 12.3. The summed E-state index contributed by atoms with van der Waals surface area (Å²) in [7, 11) is 0. The van der Waals surface area contributed by atoms with Gasteiger partial charge in [0, 0.05) is 25.2 Å². The summed E-state index contributed by atoms with van der Waals surface area (Å²) in [4.78, 5) is 18.9. The van der Waals surface area contributed by atoms with Gasteiger partial charge in [0.25, 0.3) is 5.56 Å². The Labute approximate surface area is 235 Å². The van der Waals surface area contributed by atoms with E-state index < -0.39 is 0 Å². The van der Waals surface area contributed by atoms with Crippen molar-refractivity contribution in [3.63, 3.8) is 0 Å². The van der Waals surface area contributed by atoms with Crippen LogP contribution in [-0.4, -0.2) is 36.6 Å². The zero-order valence-electron chi connectivity index (χ0n) is 23.9. The number of nitrogens with one attached hydrogen (secondary N) is 1. The Hall–Kier alpha value is -4.10. The Morgan fingerprint density at radius 1 is 0.900 bits per heavy atom. The Kier molecular flexibility index (Phi) is 8.51. The molecule has 0 bridgehead atoms. The number of aromatic amines is 1. The fourth-order valence-corrected chi connectivity index (χ4v) is 5.66. The third-order valence-corrected chi connectivity index (χ3v) is 7.81. The first-order chi connectivity index (χ1) is 19.4. The van der Waals surface area contributed by atoms with Crippen LogP contribution in [0.15, 0.2) is 77.6 Å². The third kappa shape index (κ3) is 6.20. The Morgan fingerprint density at radius 2 is 1.68 bits per heavy atom. The number of hydrogen-bond acceptors (Lipinski definition) is 5. The van der Waals surface area contributed by atoms with Crippen molar-refractivity contribution in [3.8, 4) is 0 Å². The maximum absolute atomic E-state index is 13.3. The van der Waals surface area contributed by atoms with E-state index in [1.807, 2.05) is 17.7 Å². The minimum atomic E-state index is -0.0427. The van der Waals surface area contributed by atoms with Crippen molar-refractivity contribution >= 4 is 10.9 Å². The highest BCUT2D eigenvalue weighted by molar-refractivity contribution is 5.82. The van der Waals surface area contributed by atoms with Gasteiger partial charge in [-0.05, 0) is 90.2 Å². The molecule has 206 valence electrons. The van der Waals surface area contributed by atoms with Crippen LogP contribution in [0.25, 0.3) is 10.9 Å². The second-order valence-electron chi connectivity index (χ2n) is 10.7. The van der Waals surface area contributed by atoms with Gasteiger partial charge in [-0.25, -0.2) is 4.68 Å². The molecule has 0 saturated heterocycles. The molecule has 7 nitrogen and oxygen atoms in total. The molecule has 0 aliphatic heterocycles. The summed E-state index contributed by atoms with van der Waals surface area (Å²) in [6, 6.07) is 25.2. The maximum atomic E-state index is 13.3. The van der Waals surface area contributed by atoms with E-state index in [0.29, 0.717) is 13.1 Å². The van der Waals surface area contributed by atoms with E-state index in [4.69, 9.17) is 0 Å². The van der Waals surface area contributed by atoms with Crippen LogP contribution in [0, 0.1) is 20.8 Å². The van der Waals surface area contributed by atoms with Gasteiger partial charge in [-0.3, -0.25) is 9.69 Å². The number of hydrogen-bond donors (Lipinski definition) is 1. The van der Waals surface area contributed by atoms with Crippen molar-refractivity contribution in [2.75, 3.05) is 6.54 Å². The first-order valence-corrected chi connectivity index (χ1v) is 14.1. The fourth-order valence-electron chi connectivity index (χ4n) is 5.66. The van der Waals surface area contributed by atoms with Crippen LogP contribution < -0.4 is 5.56 Å². The molecule has 3 aromatic carbocycles. The molecular weight excluding hydrogens is 496 g/mol. The van der Waals surface area contributed by atoms with Gasteiger partial charge in [0.2, 0.25) is 0 Å². The van der Waals surface area contributed by atoms with E-state index in [2.05, 4.69) is 113 Å². The Bertz CT molecular complexity index is 1640. The summed E-state index contributed by atoms with van der Waals surface area (Å²) < 4.78 is 1.93. The quantitative estimate of drug-likeness (QED) is 0.229. The molecule has 7 heteroatoms. The number of benzene rings is 3. The highest BCUT2D eigenvalue weighted by atomic mass is 16.1. The van der Waals surface area contributed by atoms with Crippen molar-refractivity contribution in [1.29, 1.82) is 0 Å². The number of pyridine rings is 1. The van der Waals surface area contributed by atoms with Crippen LogP contribution in [0.3, 0.4) is 0 Å². The molecule has 0 fully saturated rings. The molecule has 0 amide bonds. The van der Waals surface area contributed by atoms with E-state index in [1.54, 1.807) is 0 Å². The molecule has 0 aliphatic rings. The largest absolute Gasteiger partial charge is 0.321 e. The van der Waals surface area contributed by atoms with E-state index in [9.17, 15) is 4.79 Å². The van der Waals surface area contributed by atoms with Gasteiger partial charge in [-0.1, -0.05) is 73.2 Å². The number of aryl methyl sites for hydroxylation is 5. The van der Waals surface area contributed by atoms with Crippen LogP contribution in [-0.2, 0) is 25.9 Å². The zero-order valence-corrected chi connectivity index (χ0v) is 23.9. The smallest absolute Gasteiger partial charge is 0.252 e. The molecular formula is C33H38N6O. The third-order valence-electron chi connectivity index (χ3n) is 7.81. The predicted molar refractivity (Wildman–Crippen MR) is 160 cm³/mol. The molecule has 2 heterocycles. The number of rotatable bonds is 11. The van der Waals surface area contributed by atoms with Gasteiger partial charge < -0.3 is 4.98 Å². The minimum Gasteiger partial charge on any atom is -0.321 e. The molecule has 5 rings (SSSR count). The van der Waals surface area contributed by atoms with Crippen LogP contribution >= 0.6 is 0 Å². The van der Waals surface area contributed by atoms with Crippen molar-refractivity contribution in [1.82, 2.24) is 30.1 Å². The van der Waals surface area contributed by atoms with E-state index in [0.717, 1.165) is 53.7 Å². The summed E-state index contributed by atoms with van der Waals surface area (Å²) in [6.07, 6.45) is 2.54. The van der Waals surface area contributed by atoms with Crippen LogP contribution in [0.4, 0.5) is 0 Å². The lowest BCUT2D eigenvalue weighted by atomic mass is 10.0. The lowest BCUT2D eigenvalue weighted by molar-refractivity contribution is 0.171. The summed E-state index contributed by atoms with van der Waals surface area (Å²) in [5.74, 6) is 0.840. The van der Waals surface area contributed by atoms with Gasteiger partial charge in [-0.15, -0.1) is 5.10 Å². The minimum absolute atomic E-state index is 0.0378. The van der Waals surface area contributed by atoms with Gasteiger partial charge in [0.1, 0.15) is 0 Å². The molecule has 1 atom stereocenters. The van der Waals surface area contributed by atoms with E-state index >= 15 is 0 Å². The standard InChI is InChI=1S/C33H38N6O/c1-5-30(32-35-36-37-39(32)18-15-26-12-7-6-8-13-26)38(17-16-27-14-10-9-11-24(27)3)22-29-21-28-20-23(2)19-25(4)31(28)34-33(29)40/h6-14,19-21,30H,5,15-18,22H2,1-4H3,(H,34,40)/t30-/m0/s1. The van der Waals surface area contributed by atoms with Crippen molar-refractivity contribution in [2.24, 2.45) is 0 Å². The lowest BCUT2D eigenvalue weighted by Crippen LogP contribution is -2.34. The number of nitrogens with zero attached hydrogens (tertiary/aromatic N) is 5. The highest BCUT2D eigenvalue weighted by Gasteiger charge is 2.26. The average molecular weight is 535 g/mol. The molecule has 1 N–H and O–H groups in total. The average Bonchev–Trinajstić information content (AvgIpc) is 3.41. The summed E-state index contributed by atoms with van der Waals surface area (Å²) in [5.41, 5.74) is 7.72. The maximum Gasteiger partial charge on any atom is 0.252 e. The number of H-pyrrole nitrogens is 1. The molecule has 40 heavy (non-hydrogen) atoms. The molecule has 0 unspecified atom stereocenters. The van der Waals surface area contributed by atoms with Gasteiger partial charge in [0.15, 0.2) is 5.82 Å². The van der Waals surface area contributed by atoms with Crippen molar-refractivity contribution in [2.45, 2.75) is 66.1 Å². The molecule has 5 aromatic rings. The topological polar surface area (TPSA) is 79.7 Å². The van der Waals surface area contributed by atoms with Gasteiger partial charge in [-0.2, -0.15) is 0 Å². The first kappa shape index (κ1) is 27.5. The predicted octanol–water partition coefficient (Wildman–Crippen LogP) is 5.88. The van der Waals surface area contributed by atoms with Gasteiger partial charge in [0.05, 0.1) is 11.6 Å².